The third kappa shape index (κ3) is 2.74. The Morgan fingerprint density at radius 3 is 2.50 bits per heavy atom. The van der Waals surface area contributed by atoms with E-state index in [9.17, 15) is 14.7 Å². The minimum absolute atomic E-state index is 0.0401. The number of piperidine rings is 1. The summed E-state index contributed by atoms with van der Waals surface area (Å²) in [5.74, 6) is -1.18. The molecule has 1 amide bonds. The van der Waals surface area contributed by atoms with Crippen LogP contribution >= 0.6 is 0 Å². The van der Waals surface area contributed by atoms with Gasteiger partial charge >= 0.3 is 5.97 Å². The number of likely N-dealkylation sites (tertiary alicyclic amines) is 1. The van der Waals surface area contributed by atoms with Crippen LogP contribution in [0.25, 0.3) is 0 Å². The van der Waals surface area contributed by atoms with Gasteiger partial charge in [0.1, 0.15) is 0 Å². The summed E-state index contributed by atoms with van der Waals surface area (Å²) >= 11 is 0. The van der Waals surface area contributed by atoms with Crippen LogP contribution in [0.5, 0.6) is 0 Å². The zero-order chi connectivity index (χ0) is 13.1. The van der Waals surface area contributed by atoms with Crippen LogP contribution in [0.3, 0.4) is 0 Å². The fourth-order valence-corrected chi connectivity index (χ4v) is 2.98. The monoisotopic (exact) mass is 251 g/mol. The van der Waals surface area contributed by atoms with Crippen molar-refractivity contribution < 1.29 is 14.7 Å². The first-order chi connectivity index (χ1) is 8.59. The highest BCUT2D eigenvalue weighted by Crippen LogP contribution is 2.29. The maximum absolute atomic E-state index is 12.4. The van der Waals surface area contributed by atoms with E-state index in [0.29, 0.717) is 18.8 Å². The molecular weight excluding hydrogens is 230 g/mol. The average molecular weight is 251 g/mol. The van der Waals surface area contributed by atoms with Crippen LogP contribution in [-0.4, -0.2) is 35.0 Å². The van der Waals surface area contributed by atoms with Crippen molar-refractivity contribution >= 4 is 11.9 Å². The Morgan fingerprint density at radius 2 is 1.89 bits per heavy atom. The quantitative estimate of drug-likeness (QED) is 0.763. The maximum atomic E-state index is 12.4. The zero-order valence-electron chi connectivity index (χ0n) is 10.8. The number of carbonyl (C=O) groups is 2. The van der Waals surface area contributed by atoms with E-state index in [2.05, 4.69) is 6.92 Å². The molecule has 0 aromatic carbocycles. The van der Waals surface area contributed by atoms with Gasteiger partial charge in [0.25, 0.3) is 0 Å². The molecule has 2 aliphatic rings. The van der Waals surface area contributed by atoms with Crippen molar-refractivity contribution in [1.82, 2.24) is 4.90 Å². The van der Waals surface area contributed by atoms with Gasteiger partial charge in [0.05, 0.1) is 11.8 Å². The van der Waals surface area contributed by atoms with Gasteiger partial charge in [-0.15, -0.1) is 0 Å². The molecule has 1 saturated heterocycles. The third-order valence-corrected chi connectivity index (χ3v) is 4.04. The lowest BCUT2D eigenvalue weighted by atomic mass is 9.81. The van der Waals surface area contributed by atoms with Crippen molar-refractivity contribution in [3.8, 4) is 0 Å². The van der Waals surface area contributed by atoms with Gasteiger partial charge in [-0.1, -0.05) is 19.1 Å². The smallest absolute Gasteiger partial charge is 0.307 e. The Labute approximate surface area is 108 Å². The maximum Gasteiger partial charge on any atom is 0.307 e. The van der Waals surface area contributed by atoms with Crippen LogP contribution in [0, 0.1) is 17.8 Å². The number of carboxylic acids is 1. The summed E-state index contributed by atoms with van der Waals surface area (Å²) in [6.45, 7) is 3.72. The Bertz CT molecular complexity index is 364. The molecule has 2 rings (SSSR count). The van der Waals surface area contributed by atoms with Crippen molar-refractivity contribution in [2.24, 2.45) is 17.8 Å². The predicted octanol–water partition coefficient (Wildman–Crippen LogP) is 1.91. The molecule has 0 aromatic rings. The highest BCUT2D eigenvalue weighted by atomic mass is 16.4. The Balaban J connectivity index is 2.06. The number of rotatable bonds is 2. The van der Waals surface area contributed by atoms with Crippen LogP contribution in [0.4, 0.5) is 0 Å². The highest BCUT2D eigenvalue weighted by Gasteiger charge is 2.37. The van der Waals surface area contributed by atoms with Gasteiger partial charge in [-0.05, 0) is 31.6 Å². The van der Waals surface area contributed by atoms with Gasteiger partial charge < -0.3 is 10.0 Å². The van der Waals surface area contributed by atoms with E-state index < -0.39 is 11.9 Å². The largest absolute Gasteiger partial charge is 0.481 e. The lowest BCUT2D eigenvalue weighted by Crippen LogP contribution is -2.45. The topological polar surface area (TPSA) is 57.6 Å². The van der Waals surface area contributed by atoms with E-state index >= 15 is 0 Å². The molecule has 0 aromatic heterocycles. The number of nitrogens with zero attached hydrogens (tertiary/aromatic N) is 1. The van der Waals surface area contributed by atoms with Gasteiger partial charge in [0.2, 0.25) is 5.91 Å². The van der Waals surface area contributed by atoms with Gasteiger partial charge in [-0.2, -0.15) is 0 Å². The van der Waals surface area contributed by atoms with Crippen LogP contribution in [0.1, 0.15) is 32.6 Å². The first-order valence-corrected chi connectivity index (χ1v) is 6.76. The van der Waals surface area contributed by atoms with Crippen LogP contribution < -0.4 is 0 Å². The number of aliphatic carboxylic acids is 1. The number of allylic oxidation sites excluding steroid dienone is 2. The SMILES string of the molecule is C[C@@H]1CCCN(C(=O)[C@H]2CC=CC[C@@H]2C(=O)O)C1. The summed E-state index contributed by atoms with van der Waals surface area (Å²) in [5, 5.41) is 9.20. The lowest BCUT2D eigenvalue weighted by molar-refractivity contribution is -0.151. The van der Waals surface area contributed by atoms with Crippen molar-refractivity contribution in [1.29, 1.82) is 0 Å². The van der Waals surface area contributed by atoms with Gasteiger partial charge in [-0.3, -0.25) is 9.59 Å². The first-order valence-electron chi connectivity index (χ1n) is 6.76. The molecule has 1 aliphatic heterocycles. The lowest BCUT2D eigenvalue weighted by Gasteiger charge is -2.35. The number of carboxylic acid groups (broad SMARTS) is 1. The van der Waals surface area contributed by atoms with Crippen LogP contribution in [0.2, 0.25) is 0 Å². The summed E-state index contributed by atoms with van der Waals surface area (Å²) in [7, 11) is 0. The van der Waals surface area contributed by atoms with Gasteiger partial charge in [-0.25, -0.2) is 0 Å². The second-order valence-electron chi connectivity index (χ2n) is 5.53. The highest BCUT2D eigenvalue weighted by molar-refractivity contribution is 5.85. The van der Waals surface area contributed by atoms with E-state index in [0.717, 1.165) is 25.9 Å². The number of hydrogen-bond donors (Lipinski definition) is 1. The Morgan fingerprint density at radius 1 is 1.22 bits per heavy atom. The molecule has 1 aliphatic carbocycles. The van der Waals surface area contributed by atoms with Gasteiger partial charge in [0.15, 0.2) is 0 Å². The summed E-state index contributed by atoms with van der Waals surface area (Å²) in [6, 6.07) is 0. The molecule has 0 unspecified atom stereocenters. The molecule has 4 nitrogen and oxygen atoms in total. The average Bonchev–Trinajstić information content (AvgIpc) is 2.38. The molecule has 0 bridgehead atoms. The van der Waals surface area contributed by atoms with E-state index in [1.807, 2.05) is 17.1 Å². The normalized spacial score (nSPS) is 32.3. The van der Waals surface area contributed by atoms with Crippen molar-refractivity contribution in [2.45, 2.75) is 32.6 Å². The zero-order valence-corrected chi connectivity index (χ0v) is 10.8. The fraction of sp³-hybridized carbons (Fsp3) is 0.714. The van der Waals surface area contributed by atoms with Crippen molar-refractivity contribution in [3.63, 3.8) is 0 Å². The summed E-state index contributed by atoms with van der Waals surface area (Å²) in [6.07, 6.45) is 7.07. The molecule has 0 spiro atoms. The minimum atomic E-state index is -0.845. The van der Waals surface area contributed by atoms with E-state index in [1.54, 1.807) is 0 Å². The molecule has 3 atom stereocenters. The molecule has 1 fully saturated rings. The molecular formula is C14H21NO3. The van der Waals surface area contributed by atoms with E-state index in [1.165, 1.54) is 0 Å². The van der Waals surface area contributed by atoms with E-state index in [4.69, 9.17) is 0 Å². The van der Waals surface area contributed by atoms with Crippen molar-refractivity contribution in [3.05, 3.63) is 12.2 Å². The second-order valence-corrected chi connectivity index (χ2v) is 5.53. The standard InChI is InChI=1S/C14H21NO3/c1-10-5-4-8-15(9-10)13(16)11-6-2-3-7-12(11)14(17)18/h2-3,10-12H,4-9H2,1H3,(H,17,18)/t10-,11+,12+/m1/s1. The Hall–Kier alpha value is -1.32. The second kappa shape index (κ2) is 5.55. The Kier molecular flexibility index (Phi) is 4.04. The summed E-state index contributed by atoms with van der Waals surface area (Å²) in [4.78, 5) is 25.5. The molecule has 18 heavy (non-hydrogen) atoms. The summed E-state index contributed by atoms with van der Waals surface area (Å²) < 4.78 is 0. The fourth-order valence-electron chi connectivity index (χ4n) is 2.98. The molecule has 4 heteroatoms. The number of amides is 1. The molecule has 1 N–H and O–H groups in total. The number of hydrogen-bond acceptors (Lipinski definition) is 2. The molecule has 0 saturated carbocycles. The summed E-state index contributed by atoms with van der Waals surface area (Å²) in [5.41, 5.74) is 0. The van der Waals surface area contributed by atoms with Crippen LogP contribution in [-0.2, 0) is 9.59 Å². The molecule has 0 radical (unpaired) electrons. The third-order valence-electron chi connectivity index (χ3n) is 4.04. The molecule has 1 heterocycles. The van der Waals surface area contributed by atoms with E-state index in [-0.39, 0.29) is 11.8 Å². The number of carbonyl (C=O) groups excluding carboxylic acids is 1. The molecule has 100 valence electrons. The first kappa shape index (κ1) is 13.1. The van der Waals surface area contributed by atoms with Gasteiger partial charge in [0, 0.05) is 13.1 Å². The van der Waals surface area contributed by atoms with Crippen molar-refractivity contribution in [2.75, 3.05) is 13.1 Å². The predicted molar refractivity (Wildman–Crippen MR) is 68.0 cm³/mol. The van der Waals surface area contributed by atoms with Crippen LogP contribution in [0.15, 0.2) is 12.2 Å². The minimum Gasteiger partial charge on any atom is -0.481 e.